The summed E-state index contributed by atoms with van der Waals surface area (Å²) in [6, 6.07) is 0. The molecule has 0 saturated carbocycles. The highest BCUT2D eigenvalue weighted by molar-refractivity contribution is 7.47. The molecule has 50 heavy (non-hydrogen) atoms. The van der Waals surface area contributed by atoms with Crippen LogP contribution in [-0.4, -0.2) is 49.3 Å². The molecule has 10 heteroatoms. The van der Waals surface area contributed by atoms with Crippen LogP contribution < -0.4 is 5.73 Å². The summed E-state index contributed by atoms with van der Waals surface area (Å²) in [4.78, 5) is 34.8. The van der Waals surface area contributed by atoms with Gasteiger partial charge in [0, 0.05) is 19.4 Å². The van der Waals surface area contributed by atoms with Gasteiger partial charge < -0.3 is 20.1 Å². The lowest BCUT2D eigenvalue weighted by atomic mass is 10.0. The van der Waals surface area contributed by atoms with Crippen molar-refractivity contribution in [3.63, 3.8) is 0 Å². The first-order chi connectivity index (χ1) is 24.3. The molecule has 0 heterocycles. The molecular formula is C40H78NO8P. The molecule has 0 amide bonds. The summed E-state index contributed by atoms with van der Waals surface area (Å²) in [6.07, 6.45) is 36.6. The van der Waals surface area contributed by atoms with Crippen LogP contribution in [0.1, 0.15) is 200 Å². The van der Waals surface area contributed by atoms with E-state index in [0.717, 1.165) is 51.4 Å². The first kappa shape index (κ1) is 48.8. The topological polar surface area (TPSA) is 134 Å². The van der Waals surface area contributed by atoms with E-state index in [1.807, 2.05) is 0 Å². The van der Waals surface area contributed by atoms with Crippen molar-refractivity contribution in [2.24, 2.45) is 5.73 Å². The van der Waals surface area contributed by atoms with E-state index in [1.165, 1.54) is 116 Å². The van der Waals surface area contributed by atoms with E-state index in [0.29, 0.717) is 6.42 Å². The highest BCUT2D eigenvalue weighted by Crippen LogP contribution is 2.43. The Labute approximate surface area is 307 Å². The van der Waals surface area contributed by atoms with Crippen LogP contribution in [-0.2, 0) is 32.7 Å². The van der Waals surface area contributed by atoms with Crippen LogP contribution in [0.4, 0.5) is 0 Å². The minimum atomic E-state index is -4.37. The Bertz CT molecular complexity index is 840. The van der Waals surface area contributed by atoms with E-state index in [2.05, 4.69) is 26.0 Å². The zero-order valence-corrected chi connectivity index (χ0v) is 33.3. The van der Waals surface area contributed by atoms with E-state index in [1.54, 1.807) is 0 Å². The van der Waals surface area contributed by atoms with Gasteiger partial charge in [0.05, 0.1) is 13.2 Å². The standard InChI is InChI=1S/C40H78NO8P/c1-3-5-7-9-11-13-15-17-19-21-23-25-27-29-31-33-40(43)49-38(37-48-50(44,45)47-35-34-41)36-46-39(42)32-30-28-26-24-22-20-18-16-14-12-10-8-6-4-2/h17,19,38H,3-16,18,20-37,41H2,1-2H3,(H,44,45)/b19-17-. The van der Waals surface area contributed by atoms with Crippen LogP contribution in [0.15, 0.2) is 12.2 Å². The average molecular weight is 732 g/mol. The zero-order chi connectivity index (χ0) is 36.8. The van der Waals surface area contributed by atoms with Crippen LogP contribution in [0.2, 0.25) is 0 Å². The molecular weight excluding hydrogens is 653 g/mol. The highest BCUT2D eigenvalue weighted by Gasteiger charge is 2.26. The van der Waals surface area contributed by atoms with Gasteiger partial charge in [-0.25, -0.2) is 4.57 Å². The molecule has 0 fully saturated rings. The predicted octanol–water partition coefficient (Wildman–Crippen LogP) is 11.4. The Balaban J connectivity index is 4.17. The second-order valence-corrected chi connectivity index (χ2v) is 15.3. The van der Waals surface area contributed by atoms with Crippen LogP contribution in [0.25, 0.3) is 0 Å². The molecule has 0 rings (SSSR count). The zero-order valence-electron chi connectivity index (χ0n) is 32.4. The number of hydrogen-bond acceptors (Lipinski definition) is 8. The Morgan fingerprint density at radius 3 is 1.42 bits per heavy atom. The Kier molecular flexibility index (Phi) is 36.6. The number of esters is 2. The third-order valence-electron chi connectivity index (χ3n) is 8.90. The summed E-state index contributed by atoms with van der Waals surface area (Å²) < 4.78 is 32.7. The van der Waals surface area contributed by atoms with Crippen molar-refractivity contribution < 1.29 is 37.6 Å². The van der Waals surface area contributed by atoms with Crippen LogP contribution >= 0.6 is 7.82 Å². The summed E-state index contributed by atoms with van der Waals surface area (Å²) in [5.74, 6) is -0.830. The Morgan fingerprint density at radius 1 is 0.580 bits per heavy atom. The molecule has 296 valence electrons. The highest BCUT2D eigenvalue weighted by atomic mass is 31.2. The van der Waals surface area contributed by atoms with E-state index >= 15 is 0 Å². The molecule has 2 unspecified atom stereocenters. The monoisotopic (exact) mass is 732 g/mol. The van der Waals surface area contributed by atoms with E-state index in [9.17, 15) is 19.0 Å². The number of hydrogen-bond donors (Lipinski definition) is 2. The van der Waals surface area contributed by atoms with Gasteiger partial charge in [0.25, 0.3) is 0 Å². The molecule has 9 nitrogen and oxygen atoms in total. The van der Waals surface area contributed by atoms with Crippen LogP contribution in [0, 0.1) is 0 Å². The number of ether oxygens (including phenoxy) is 2. The Morgan fingerprint density at radius 2 is 0.980 bits per heavy atom. The summed E-state index contributed by atoms with van der Waals surface area (Å²) in [6.45, 7) is 3.73. The number of rotatable bonds is 39. The van der Waals surface area contributed by atoms with Crippen molar-refractivity contribution in [1.82, 2.24) is 0 Å². The molecule has 0 aliphatic rings. The normalized spacial score (nSPS) is 13.4. The number of unbranched alkanes of at least 4 members (excludes halogenated alkanes) is 24. The van der Waals surface area contributed by atoms with Gasteiger partial charge in [-0.15, -0.1) is 0 Å². The van der Waals surface area contributed by atoms with Gasteiger partial charge in [-0.05, 0) is 38.5 Å². The van der Waals surface area contributed by atoms with E-state index < -0.39 is 26.5 Å². The van der Waals surface area contributed by atoms with Gasteiger partial charge >= 0.3 is 19.8 Å². The van der Waals surface area contributed by atoms with Crippen molar-refractivity contribution in [3.05, 3.63) is 12.2 Å². The molecule has 0 aliphatic carbocycles. The van der Waals surface area contributed by atoms with Gasteiger partial charge in [0.1, 0.15) is 6.61 Å². The van der Waals surface area contributed by atoms with Crippen molar-refractivity contribution in [2.45, 2.75) is 206 Å². The Hall–Kier alpha value is -1.25. The molecule has 0 aliphatic heterocycles. The third-order valence-corrected chi connectivity index (χ3v) is 9.89. The lowest BCUT2D eigenvalue weighted by Gasteiger charge is -2.19. The quantitative estimate of drug-likeness (QED) is 0.0274. The number of carbonyl (C=O) groups excluding carboxylic acids is 2. The molecule has 0 spiro atoms. The van der Waals surface area contributed by atoms with Gasteiger partial charge in [0.15, 0.2) is 6.10 Å². The SMILES string of the molecule is CCCCCCCC/C=C\CCCCCCCC(=O)OC(COC(=O)CCCCCCCCCCCCCCCC)COP(=O)(O)OCCN. The van der Waals surface area contributed by atoms with Gasteiger partial charge in [-0.1, -0.05) is 161 Å². The number of carbonyl (C=O) groups is 2. The predicted molar refractivity (Wildman–Crippen MR) is 206 cm³/mol. The molecule has 3 N–H and O–H groups in total. The number of phosphoric acid groups is 1. The number of allylic oxidation sites excluding steroid dienone is 2. The molecule has 0 aromatic rings. The fraction of sp³-hybridized carbons (Fsp3) is 0.900. The van der Waals surface area contributed by atoms with E-state index in [4.69, 9.17) is 24.3 Å². The average Bonchev–Trinajstić information content (AvgIpc) is 3.10. The lowest BCUT2D eigenvalue weighted by Crippen LogP contribution is -2.29. The van der Waals surface area contributed by atoms with E-state index in [-0.39, 0.29) is 38.6 Å². The number of nitrogens with two attached hydrogens (primary N) is 1. The second kappa shape index (κ2) is 37.5. The third kappa shape index (κ3) is 36.5. The molecule has 0 aromatic heterocycles. The summed E-state index contributed by atoms with van der Waals surface area (Å²) in [7, 11) is -4.37. The minimum Gasteiger partial charge on any atom is -0.462 e. The maximum absolute atomic E-state index is 12.5. The molecule has 0 radical (unpaired) electrons. The maximum atomic E-state index is 12.5. The summed E-state index contributed by atoms with van der Waals surface area (Å²) >= 11 is 0. The van der Waals surface area contributed by atoms with Crippen LogP contribution in [0.5, 0.6) is 0 Å². The summed E-state index contributed by atoms with van der Waals surface area (Å²) in [5, 5.41) is 0. The largest absolute Gasteiger partial charge is 0.472 e. The van der Waals surface area contributed by atoms with Gasteiger partial charge in [0.2, 0.25) is 0 Å². The van der Waals surface area contributed by atoms with Crippen molar-refractivity contribution in [2.75, 3.05) is 26.4 Å². The van der Waals surface area contributed by atoms with Crippen molar-refractivity contribution in [1.29, 1.82) is 0 Å². The molecule has 2 atom stereocenters. The molecule has 0 saturated heterocycles. The van der Waals surface area contributed by atoms with Gasteiger partial charge in [-0.2, -0.15) is 0 Å². The smallest absolute Gasteiger partial charge is 0.462 e. The lowest BCUT2D eigenvalue weighted by molar-refractivity contribution is -0.161. The van der Waals surface area contributed by atoms with Crippen LogP contribution in [0.3, 0.4) is 0 Å². The molecule has 0 aromatic carbocycles. The van der Waals surface area contributed by atoms with Crippen molar-refractivity contribution >= 4 is 19.8 Å². The second-order valence-electron chi connectivity index (χ2n) is 13.9. The first-order valence-electron chi connectivity index (χ1n) is 20.7. The fourth-order valence-corrected chi connectivity index (χ4v) is 6.57. The maximum Gasteiger partial charge on any atom is 0.472 e. The van der Waals surface area contributed by atoms with Crippen molar-refractivity contribution in [3.8, 4) is 0 Å². The molecule has 0 bridgehead atoms. The van der Waals surface area contributed by atoms with Gasteiger partial charge in [-0.3, -0.25) is 18.6 Å². The summed E-state index contributed by atoms with van der Waals surface area (Å²) in [5.41, 5.74) is 5.34. The first-order valence-corrected chi connectivity index (χ1v) is 22.2. The number of phosphoric ester groups is 1. The minimum absolute atomic E-state index is 0.0547. The fourth-order valence-electron chi connectivity index (χ4n) is 5.81.